The van der Waals surface area contributed by atoms with E-state index in [0.717, 1.165) is 13.1 Å². The average Bonchev–Trinajstić information content (AvgIpc) is 3.69. The fourth-order valence-electron chi connectivity index (χ4n) is 12.5. The van der Waals surface area contributed by atoms with Gasteiger partial charge >= 0.3 is 0 Å². The first-order valence-corrected chi connectivity index (χ1v) is 27.6. The van der Waals surface area contributed by atoms with Crippen molar-refractivity contribution < 1.29 is 0 Å². The molecule has 0 radical (unpaired) electrons. The Kier molecular flexibility index (Phi) is 15.9. The molecule has 2 saturated carbocycles. The lowest BCUT2D eigenvalue weighted by atomic mass is 9.29. The van der Waals surface area contributed by atoms with Crippen molar-refractivity contribution >= 4 is 45.4 Å². The minimum absolute atomic E-state index is 0.0692. The van der Waals surface area contributed by atoms with E-state index in [1.54, 1.807) is 16.8 Å². The molecular formula is C65H89BN4. The maximum absolute atomic E-state index is 3.66. The van der Waals surface area contributed by atoms with E-state index < -0.39 is 0 Å². The quantitative estimate of drug-likeness (QED) is 0.0820. The van der Waals surface area contributed by atoms with Crippen molar-refractivity contribution in [3.05, 3.63) is 131 Å². The van der Waals surface area contributed by atoms with Crippen molar-refractivity contribution in [2.75, 3.05) is 44.0 Å². The zero-order valence-electron chi connectivity index (χ0n) is 46.1. The molecule has 1 aromatic heterocycles. The van der Waals surface area contributed by atoms with E-state index in [1.165, 1.54) is 131 Å². The van der Waals surface area contributed by atoms with Gasteiger partial charge in [0.05, 0.1) is 11.0 Å². The van der Waals surface area contributed by atoms with E-state index in [4.69, 9.17) is 0 Å². The van der Waals surface area contributed by atoms with Gasteiger partial charge in [-0.25, -0.2) is 0 Å². The molecule has 0 saturated heterocycles. The lowest BCUT2D eigenvalue weighted by molar-refractivity contribution is 0.435. The van der Waals surface area contributed by atoms with Gasteiger partial charge in [0.2, 0.25) is 0 Å². The molecule has 6 aromatic rings. The molecule has 70 heavy (non-hydrogen) atoms. The average molecular weight is 937 g/mol. The molecule has 1 unspecified atom stereocenters. The van der Waals surface area contributed by atoms with Gasteiger partial charge in [-0.15, -0.1) is 0 Å². The summed E-state index contributed by atoms with van der Waals surface area (Å²) in [6.45, 7) is 28.3. The number of likely N-dealkylation sites (N-methyl/N-ethyl adjacent to an activating group) is 1. The molecular weight excluding hydrogens is 848 g/mol. The molecule has 2 aliphatic carbocycles. The SMILES string of the molecule is CCN(CC=C(C)[C@H](C)B(c1ccc(-c2ccc(-n3c4ccc(C(C)(C)C)cc4c4cc(C(C)(C)C)ccc43)cc2)cc1N(C)C)C(C)[C@@H](C)NC)c1c(C2CCCCC2)cccc1C1CCCCC1. The molecule has 2 aliphatic rings. The van der Waals surface area contributed by atoms with Crippen LogP contribution in [-0.4, -0.2) is 51.6 Å². The predicted octanol–water partition coefficient (Wildman–Crippen LogP) is 16.8. The van der Waals surface area contributed by atoms with E-state index in [-0.39, 0.29) is 10.8 Å². The van der Waals surface area contributed by atoms with Gasteiger partial charge in [0.1, 0.15) is 0 Å². The molecule has 1 heterocycles. The summed E-state index contributed by atoms with van der Waals surface area (Å²) in [5.41, 5.74) is 18.2. The predicted molar refractivity (Wildman–Crippen MR) is 310 cm³/mol. The summed E-state index contributed by atoms with van der Waals surface area (Å²) in [5.74, 6) is 2.14. The number of benzene rings is 5. The third-order valence-corrected chi connectivity index (χ3v) is 17.4. The van der Waals surface area contributed by atoms with Crippen molar-refractivity contribution in [2.45, 2.75) is 181 Å². The van der Waals surface area contributed by atoms with Gasteiger partial charge in [-0.2, -0.15) is 0 Å². The van der Waals surface area contributed by atoms with Crippen molar-refractivity contribution in [2.24, 2.45) is 0 Å². The highest BCUT2D eigenvalue weighted by Gasteiger charge is 2.36. The molecule has 0 spiro atoms. The first-order chi connectivity index (χ1) is 33.4. The van der Waals surface area contributed by atoms with Crippen LogP contribution in [0.4, 0.5) is 11.4 Å². The highest BCUT2D eigenvalue weighted by atomic mass is 15.1. The number of aromatic nitrogens is 1. The highest BCUT2D eigenvalue weighted by molar-refractivity contribution is 6.78. The molecule has 8 rings (SSSR count). The second kappa shape index (κ2) is 21.5. The fraction of sp³-hybridized carbons (Fsp3) is 0.508. The normalized spacial score (nSPS) is 17.0. The van der Waals surface area contributed by atoms with Gasteiger partial charge in [-0.1, -0.05) is 173 Å². The molecule has 1 N–H and O–H groups in total. The van der Waals surface area contributed by atoms with E-state index in [0.29, 0.717) is 36.2 Å². The molecule has 0 aliphatic heterocycles. The van der Waals surface area contributed by atoms with Gasteiger partial charge in [-0.05, 0) is 157 Å². The van der Waals surface area contributed by atoms with Crippen LogP contribution < -0.4 is 20.6 Å². The topological polar surface area (TPSA) is 23.4 Å². The monoisotopic (exact) mass is 937 g/mol. The number of allylic oxidation sites excluding steroid dienone is 1. The van der Waals surface area contributed by atoms with Gasteiger partial charge in [0.15, 0.2) is 6.71 Å². The number of nitrogens with one attached hydrogen (secondary N) is 1. The van der Waals surface area contributed by atoms with Crippen LogP contribution in [0.5, 0.6) is 0 Å². The Morgan fingerprint density at radius 3 is 1.67 bits per heavy atom. The summed E-state index contributed by atoms with van der Waals surface area (Å²) in [5, 5.41) is 6.31. The molecule has 0 amide bonds. The summed E-state index contributed by atoms with van der Waals surface area (Å²) >= 11 is 0. The van der Waals surface area contributed by atoms with Crippen LogP contribution in [-0.2, 0) is 10.8 Å². The number of rotatable bonds is 15. The Labute approximate surface area is 425 Å². The van der Waals surface area contributed by atoms with Crippen molar-refractivity contribution in [3.8, 4) is 16.8 Å². The number of hydrogen-bond donors (Lipinski definition) is 1. The van der Waals surface area contributed by atoms with Gasteiger partial charge < -0.3 is 19.7 Å². The van der Waals surface area contributed by atoms with E-state index >= 15 is 0 Å². The van der Waals surface area contributed by atoms with Crippen LogP contribution >= 0.6 is 0 Å². The highest BCUT2D eigenvalue weighted by Crippen LogP contribution is 2.45. The third-order valence-electron chi connectivity index (χ3n) is 17.4. The number of fused-ring (bicyclic) bond motifs is 3. The maximum atomic E-state index is 3.66. The molecule has 2 fully saturated rings. The van der Waals surface area contributed by atoms with E-state index in [9.17, 15) is 0 Å². The van der Waals surface area contributed by atoms with Crippen LogP contribution in [0.2, 0.25) is 11.6 Å². The van der Waals surface area contributed by atoms with Crippen molar-refractivity contribution in [1.29, 1.82) is 0 Å². The largest absolute Gasteiger partial charge is 0.378 e. The van der Waals surface area contributed by atoms with Gasteiger partial charge in [-0.3, -0.25) is 0 Å². The van der Waals surface area contributed by atoms with Gasteiger partial charge in [0, 0.05) is 61.1 Å². The van der Waals surface area contributed by atoms with Crippen molar-refractivity contribution in [3.63, 3.8) is 0 Å². The summed E-state index contributed by atoms with van der Waals surface area (Å²) in [6, 6.07) is 38.6. The number of hydrogen-bond acceptors (Lipinski definition) is 3. The molecule has 372 valence electrons. The second-order valence-electron chi connectivity index (χ2n) is 24.2. The Morgan fingerprint density at radius 2 is 1.20 bits per heavy atom. The first kappa shape index (κ1) is 51.6. The summed E-state index contributed by atoms with van der Waals surface area (Å²) < 4.78 is 2.47. The van der Waals surface area contributed by atoms with Gasteiger partial charge in [0.25, 0.3) is 0 Å². The summed E-state index contributed by atoms with van der Waals surface area (Å²) in [6.07, 6.45) is 16.2. The van der Waals surface area contributed by atoms with Crippen LogP contribution in [0.1, 0.15) is 174 Å². The molecule has 5 aromatic carbocycles. The fourth-order valence-corrected chi connectivity index (χ4v) is 12.5. The first-order valence-electron chi connectivity index (χ1n) is 27.6. The molecule has 5 heteroatoms. The molecule has 4 nitrogen and oxygen atoms in total. The zero-order valence-corrected chi connectivity index (χ0v) is 46.1. The molecule has 3 atom stereocenters. The number of para-hydroxylation sites is 1. The molecule has 0 bridgehead atoms. The minimum Gasteiger partial charge on any atom is -0.378 e. The lowest BCUT2D eigenvalue weighted by Crippen LogP contribution is -2.46. The Morgan fingerprint density at radius 1 is 0.686 bits per heavy atom. The lowest BCUT2D eigenvalue weighted by Gasteiger charge is -2.36. The maximum Gasteiger partial charge on any atom is 0.190 e. The second-order valence-corrected chi connectivity index (χ2v) is 24.2. The smallest absolute Gasteiger partial charge is 0.190 e. The number of nitrogens with zero attached hydrogens (tertiary/aromatic N) is 3. The summed E-state index contributed by atoms with van der Waals surface area (Å²) in [7, 11) is 6.59. The zero-order chi connectivity index (χ0) is 50.1. The van der Waals surface area contributed by atoms with Crippen LogP contribution in [0.15, 0.2) is 109 Å². The van der Waals surface area contributed by atoms with Crippen molar-refractivity contribution in [1.82, 2.24) is 9.88 Å². The Hall–Kier alpha value is -4.74. The third kappa shape index (κ3) is 10.7. The van der Waals surface area contributed by atoms with E-state index in [1.807, 2.05) is 0 Å². The Balaban J connectivity index is 1.12. The van der Waals surface area contributed by atoms with Crippen LogP contribution in [0.3, 0.4) is 0 Å². The minimum atomic E-state index is 0.0692. The van der Waals surface area contributed by atoms with Crippen LogP contribution in [0.25, 0.3) is 38.6 Å². The Bertz CT molecular complexity index is 2640. The number of anilines is 2. The van der Waals surface area contributed by atoms with Crippen LogP contribution in [0, 0.1) is 0 Å². The standard InChI is InChI=1S/C65H89BN4/c1-15-69(63-55(49-23-18-16-19-24-49)27-22-28-56(63)50-25-20-17-21-26-50)40-39-44(2)45(3)66(46(4)47(5)67-12)59-36-31-51(41-62(59)68(13)14)48-29-34-54(35-30-48)70-60-37-32-52(64(6,7)8)42-57(60)58-43-53(65(9,10)11)33-38-61(58)70/h22,27-39,41-43,45-47,49-50,67H,15-21,23-26,40H2,1-14H3/t45-,46?,47+/m0/s1. The van der Waals surface area contributed by atoms with E-state index in [2.05, 4.69) is 220 Å². The summed E-state index contributed by atoms with van der Waals surface area (Å²) in [4.78, 5) is 5.11.